The highest BCUT2D eigenvalue weighted by Gasteiger charge is 2.28. The molecule has 6 heteroatoms. The second-order valence-electron chi connectivity index (χ2n) is 4.46. The first-order valence-electron chi connectivity index (χ1n) is 5.82. The Morgan fingerprint density at radius 3 is 2.61 bits per heavy atom. The van der Waals surface area contributed by atoms with Gasteiger partial charge in [0.25, 0.3) is 0 Å². The van der Waals surface area contributed by atoms with Crippen molar-refractivity contribution in [1.82, 2.24) is 0 Å². The van der Waals surface area contributed by atoms with Gasteiger partial charge in [0, 0.05) is 23.9 Å². The summed E-state index contributed by atoms with van der Waals surface area (Å²) in [5.74, 6) is -0.0271. The zero-order valence-corrected chi connectivity index (χ0v) is 11.5. The molecule has 1 saturated heterocycles. The molecule has 1 aliphatic heterocycles. The number of sulfone groups is 1. The predicted octanol–water partition coefficient (Wildman–Crippen LogP) is 2.02. The average Bonchev–Trinajstić information content (AvgIpc) is 2.34. The Hall–Kier alpha value is -0.780. The molecular weight excluding hydrogens is 274 g/mol. The Kier molecular flexibility index (Phi) is 4.14. The zero-order valence-electron chi connectivity index (χ0n) is 9.93. The lowest BCUT2D eigenvalue weighted by atomic mass is 10.2. The second kappa shape index (κ2) is 5.47. The Morgan fingerprint density at radius 2 is 2.00 bits per heavy atom. The minimum atomic E-state index is -3.17. The molecular formula is C12H16ClNO3S. The number of ether oxygens (including phenoxy) is 1. The maximum atomic E-state index is 12.2. The van der Waals surface area contributed by atoms with E-state index in [4.69, 9.17) is 22.1 Å². The molecule has 0 spiro atoms. The summed E-state index contributed by atoms with van der Waals surface area (Å²) in [7, 11) is -3.17. The minimum Gasteiger partial charge on any atom is -0.398 e. The van der Waals surface area contributed by atoms with Gasteiger partial charge in [-0.05, 0) is 30.5 Å². The predicted molar refractivity (Wildman–Crippen MR) is 72.3 cm³/mol. The molecule has 100 valence electrons. The van der Waals surface area contributed by atoms with Crippen LogP contribution in [-0.2, 0) is 20.3 Å². The van der Waals surface area contributed by atoms with E-state index < -0.39 is 9.84 Å². The van der Waals surface area contributed by atoms with Crippen molar-refractivity contribution in [2.75, 3.05) is 18.9 Å². The molecule has 0 atom stereocenters. The fourth-order valence-corrected chi connectivity index (χ4v) is 4.09. The van der Waals surface area contributed by atoms with Crippen molar-refractivity contribution in [3.63, 3.8) is 0 Å². The van der Waals surface area contributed by atoms with Gasteiger partial charge in [-0.25, -0.2) is 8.42 Å². The first-order chi connectivity index (χ1) is 8.49. The summed E-state index contributed by atoms with van der Waals surface area (Å²) in [6, 6.07) is 4.91. The highest BCUT2D eigenvalue weighted by atomic mass is 35.5. The number of hydrogen-bond donors (Lipinski definition) is 1. The highest BCUT2D eigenvalue weighted by Crippen LogP contribution is 2.24. The molecule has 2 N–H and O–H groups in total. The van der Waals surface area contributed by atoms with Crippen molar-refractivity contribution in [2.45, 2.75) is 23.8 Å². The zero-order chi connectivity index (χ0) is 13.2. The molecule has 0 radical (unpaired) electrons. The van der Waals surface area contributed by atoms with Crippen molar-refractivity contribution in [3.05, 3.63) is 28.8 Å². The highest BCUT2D eigenvalue weighted by molar-refractivity contribution is 7.91. The van der Waals surface area contributed by atoms with E-state index in [1.165, 1.54) is 0 Å². The summed E-state index contributed by atoms with van der Waals surface area (Å²) in [5, 5.41) is 0.195. The summed E-state index contributed by atoms with van der Waals surface area (Å²) in [5.41, 5.74) is 6.83. The number of rotatable bonds is 3. The maximum Gasteiger partial charge on any atom is 0.157 e. The van der Waals surface area contributed by atoms with Crippen molar-refractivity contribution in [1.29, 1.82) is 0 Å². The van der Waals surface area contributed by atoms with Crippen LogP contribution in [0.2, 0.25) is 5.02 Å². The van der Waals surface area contributed by atoms with Gasteiger partial charge in [-0.2, -0.15) is 0 Å². The molecule has 0 aliphatic carbocycles. The molecule has 0 aromatic heterocycles. The lowest BCUT2D eigenvalue weighted by Gasteiger charge is -2.22. The van der Waals surface area contributed by atoms with Gasteiger partial charge in [0.05, 0.1) is 11.0 Å². The summed E-state index contributed by atoms with van der Waals surface area (Å²) >= 11 is 5.79. The van der Waals surface area contributed by atoms with Gasteiger partial charge in [-0.1, -0.05) is 17.7 Å². The van der Waals surface area contributed by atoms with Gasteiger partial charge >= 0.3 is 0 Å². The second-order valence-corrected chi connectivity index (χ2v) is 7.18. The van der Waals surface area contributed by atoms with Crippen LogP contribution >= 0.6 is 11.6 Å². The number of benzene rings is 1. The van der Waals surface area contributed by atoms with Gasteiger partial charge in [-0.15, -0.1) is 0 Å². The van der Waals surface area contributed by atoms with E-state index in [-0.39, 0.29) is 11.0 Å². The number of halogens is 1. The van der Waals surface area contributed by atoms with E-state index in [0.717, 1.165) is 0 Å². The Bertz CT molecular complexity index is 524. The Labute approximate surface area is 112 Å². The largest absolute Gasteiger partial charge is 0.398 e. The van der Waals surface area contributed by atoms with E-state index in [1.807, 2.05) is 0 Å². The van der Waals surface area contributed by atoms with Gasteiger partial charge in [0.15, 0.2) is 9.84 Å². The quantitative estimate of drug-likeness (QED) is 0.864. The monoisotopic (exact) mass is 289 g/mol. The molecule has 1 fully saturated rings. The molecule has 1 aromatic carbocycles. The Morgan fingerprint density at radius 1 is 1.33 bits per heavy atom. The SMILES string of the molecule is Nc1cc(Cl)ccc1CS(=O)(=O)C1CCOCC1. The molecule has 1 aromatic rings. The van der Waals surface area contributed by atoms with Crippen LogP contribution in [0.1, 0.15) is 18.4 Å². The lowest BCUT2D eigenvalue weighted by molar-refractivity contribution is 0.0983. The number of nitrogens with two attached hydrogens (primary N) is 1. The van der Waals surface area contributed by atoms with Crippen LogP contribution in [-0.4, -0.2) is 26.9 Å². The topological polar surface area (TPSA) is 69.4 Å². The van der Waals surface area contributed by atoms with Crippen LogP contribution in [0.15, 0.2) is 18.2 Å². The summed E-state index contributed by atoms with van der Waals surface area (Å²) in [6.45, 7) is 1.03. The summed E-state index contributed by atoms with van der Waals surface area (Å²) in [6.07, 6.45) is 1.13. The normalized spacial score (nSPS) is 17.8. The molecule has 0 amide bonds. The minimum absolute atomic E-state index is 0.0271. The van der Waals surface area contributed by atoms with Crippen molar-refractivity contribution >= 4 is 27.1 Å². The fraction of sp³-hybridized carbons (Fsp3) is 0.500. The van der Waals surface area contributed by atoms with Gasteiger partial charge in [0.1, 0.15) is 0 Å². The maximum absolute atomic E-state index is 12.2. The molecule has 1 heterocycles. The van der Waals surface area contributed by atoms with Crippen LogP contribution in [0.5, 0.6) is 0 Å². The third-order valence-corrected chi connectivity index (χ3v) is 5.58. The van der Waals surface area contributed by atoms with Crippen molar-refractivity contribution in [2.24, 2.45) is 0 Å². The molecule has 2 rings (SSSR count). The van der Waals surface area contributed by atoms with E-state index in [9.17, 15) is 8.42 Å². The van der Waals surface area contributed by atoms with Gasteiger partial charge in [0.2, 0.25) is 0 Å². The van der Waals surface area contributed by atoms with Crippen LogP contribution in [0.3, 0.4) is 0 Å². The number of nitrogen functional groups attached to an aromatic ring is 1. The average molecular weight is 290 g/mol. The summed E-state index contributed by atoms with van der Waals surface area (Å²) < 4.78 is 29.7. The van der Waals surface area contributed by atoms with Crippen LogP contribution in [0.25, 0.3) is 0 Å². The van der Waals surface area contributed by atoms with Gasteiger partial charge < -0.3 is 10.5 Å². The van der Waals surface area contributed by atoms with Crippen LogP contribution in [0, 0.1) is 0 Å². The van der Waals surface area contributed by atoms with E-state index >= 15 is 0 Å². The molecule has 1 aliphatic rings. The lowest BCUT2D eigenvalue weighted by Crippen LogP contribution is -2.30. The molecule has 4 nitrogen and oxygen atoms in total. The van der Waals surface area contributed by atoms with Crippen LogP contribution in [0.4, 0.5) is 5.69 Å². The standard InChI is InChI=1S/C12H16ClNO3S/c13-10-2-1-9(12(14)7-10)8-18(15,16)11-3-5-17-6-4-11/h1-2,7,11H,3-6,8,14H2. The van der Waals surface area contributed by atoms with Crippen molar-refractivity contribution in [3.8, 4) is 0 Å². The third kappa shape index (κ3) is 3.16. The molecule has 18 heavy (non-hydrogen) atoms. The van der Waals surface area contributed by atoms with Gasteiger partial charge in [-0.3, -0.25) is 0 Å². The molecule has 0 unspecified atom stereocenters. The summed E-state index contributed by atoms with van der Waals surface area (Å²) in [4.78, 5) is 0. The van der Waals surface area contributed by atoms with E-state index in [0.29, 0.717) is 42.3 Å². The van der Waals surface area contributed by atoms with E-state index in [2.05, 4.69) is 0 Å². The van der Waals surface area contributed by atoms with E-state index in [1.54, 1.807) is 18.2 Å². The smallest absolute Gasteiger partial charge is 0.157 e. The van der Waals surface area contributed by atoms with Crippen molar-refractivity contribution < 1.29 is 13.2 Å². The van der Waals surface area contributed by atoms with Crippen LogP contribution < -0.4 is 5.73 Å². The first kappa shape index (κ1) is 13.6. The first-order valence-corrected chi connectivity index (χ1v) is 7.91. The number of hydrogen-bond acceptors (Lipinski definition) is 4. The third-order valence-electron chi connectivity index (χ3n) is 3.14. The molecule has 0 saturated carbocycles. The molecule has 0 bridgehead atoms. The number of anilines is 1. The Balaban J connectivity index is 2.16. The fourth-order valence-electron chi connectivity index (χ4n) is 2.07.